The first-order valence-corrected chi connectivity index (χ1v) is 8.82. The molecule has 7 heteroatoms. The lowest BCUT2D eigenvalue weighted by atomic mass is 10.1. The van der Waals surface area contributed by atoms with Crippen LogP contribution < -0.4 is 4.90 Å². The second-order valence-electron chi connectivity index (χ2n) is 6.86. The summed E-state index contributed by atoms with van der Waals surface area (Å²) in [6, 6.07) is 10.3. The maximum atomic E-state index is 9.73. The minimum Gasteiger partial charge on any atom is -0.394 e. The van der Waals surface area contributed by atoms with Crippen molar-refractivity contribution in [3.8, 4) is 0 Å². The van der Waals surface area contributed by atoms with E-state index in [-0.39, 0.29) is 13.2 Å². The number of benzene rings is 1. The Morgan fingerprint density at radius 3 is 2.58 bits per heavy atom. The van der Waals surface area contributed by atoms with Gasteiger partial charge in [0.2, 0.25) is 0 Å². The van der Waals surface area contributed by atoms with E-state index in [9.17, 15) is 5.11 Å². The van der Waals surface area contributed by atoms with Gasteiger partial charge in [-0.15, -0.1) is 0 Å². The lowest BCUT2D eigenvalue weighted by Crippen LogP contribution is -2.28. The molecule has 2 N–H and O–H groups in total. The van der Waals surface area contributed by atoms with Crippen LogP contribution in [0, 0.1) is 5.92 Å². The zero-order valence-corrected chi connectivity index (χ0v) is 15.2. The van der Waals surface area contributed by atoms with E-state index in [4.69, 9.17) is 5.11 Å². The molecule has 0 radical (unpaired) electrons. The molecule has 1 atom stereocenters. The molecule has 0 aliphatic carbocycles. The summed E-state index contributed by atoms with van der Waals surface area (Å²) < 4.78 is 1.75. The van der Waals surface area contributed by atoms with Crippen LogP contribution >= 0.6 is 0 Å². The lowest BCUT2D eigenvalue weighted by Gasteiger charge is -2.25. The fourth-order valence-electron chi connectivity index (χ4n) is 2.99. The van der Waals surface area contributed by atoms with Gasteiger partial charge in [0.15, 0.2) is 17.0 Å². The molecule has 1 aromatic carbocycles. The van der Waals surface area contributed by atoms with Gasteiger partial charge in [0.25, 0.3) is 0 Å². The predicted octanol–water partition coefficient (Wildman–Crippen LogP) is 1.84. The van der Waals surface area contributed by atoms with E-state index in [0.29, 0.717) is 17.1 Å². The number of aromatic nitrogens is 4. The second-order valence-corrected chi connectivity index (χ2v) is 6.86. The van der Waals surface area contributed by atoms with E-state index >= 15 is 0 Å². The summed E-state index contributed by atoms with van der Waals surface area (Å²) in [7, 11) is 0. The van der Waals surface area contributed by atoms with Gasteiger partial charge in [0.1, 0.15) is 6.33 Å². The van der Waals surface area contributed by atoms with Gasteiger partial charge in [0.05, 0.1) is 25.6 Å². The number of fused-ring (bicyclic) bond motifs is 1. The van der Waals surface area contributed by atoms with E-state index in [1.54, 1.807) is 10.9 Å². The minimum absolute atomic E-state index is 0.242. The van der Waals surface area contributed by atoms with Crippen LogP contribution in [0.2, 0.25) is 0 Å². The summed E-state index contributed by atoms with van der Waals surface area (Å²) in [6.07, 6.45) is 2.32. The molecule has 26 heavy (non-hydrogen) atoms. The highest BCUT2D eigenvalue weighted by Crippen LogP contribution is 2.24. The Hall–Kier alpha value is -2.51. The van der Waals surface area contributed by atoms with E-state index in [2.05, 4.69) is 45.8 Å². The molecule has 0 fully saturated rings. The Kier molecular flexibility index (Phi) is 5.80. The van der Waals surface area contributed by atoms with Gasteiger partial charge < -0.3 is 19.7 Å². The summed E-state index contributed by atoms with van der Waals surface area (Å²) in [4.78, 5) is 15.5. The van der Waals surface area contributed by atoms with Gasteiger partial charge in [-0.1, -0.05) is 44.2 Å². The molecule has 0 spiro atoms. The summed E-state index contributed by atoms with van der Waals surface area (Å²) in [5, 5.41) is 18.8. The number of nitrogens with zero attached hydrogens (tertiary/aromatic N) is 5. The molecule has 2 aromatic heterocycles. The average Bonchev–Trinajstić information content (AvgIpc) is 3.04. The van der Waals surface area contributed by atoms with Crippen LogP contribution in [-0.4, -0.2) is 49.0 Å². The number of aliphatic hydroxyl groups is 2. The highest BCUT2D eigenvalue weighted by Gasteiger charge is 2.18. The van der Waals surface area contributed by atoms with Crippen molar-refractivity contribution >= 4 is 17.0 Å². The molecule has 0 aliphatic rings. The van der Waals surface area contributed by atoms with E-state index < -0.39 is 6.10 Å². The van der Waals surface area contributed by atoms with Crippen molar-refractivity contribution in [3.05, 3.63) is 48.5 Å². The van der Waals surface area contributed by atoms with Gasteiger partial charge in [-0.2, -0.15) is 0 Å². The quantitative estimate of drug-likeness (QED) is 0.641. The zero-order chi connectivity index (χ0) is 18.5. The van der Waals surface area contributed by atoms with Crippen molar-refractivity contribution in [3.63, 3.8) is 0 Å². The van der Waals surface area contributed by atoms with Crippen molar-refractivity contribution in [2.24, 2.45) is 5.92 Å². The van der Waals surface area contributed by atoms with Crippen LogP contribution in [0.4, 0.5) is 5.82 Å². The van der Waals surface area contributed by atoms with Crippen LogP contribution in [0.15, 0.2) is 43.0 Å². The molecule has 0 saturated heterocycles. The number of hydrogen-bond donors (Lipinski definition) is 2. The third-order valence-corrected chi connectivity index (χ3v) is 4.10. The summed E-state index contributed by atoms with van der Waals surface area (Å²) in [5.74, 6) is 1.24. The maximum absolute atomic E-state index is 9.73. The molecule has 7 nitrogen and oxygen atoms in total. The number of rotatable bonds is 8. The highest BCUT2D eigenvalue weighted by molar-refractivity contribution is 5.83. The Balaban J connectivity index is 1.96. The SMILES string of the molecule is CC(C)CN(Cc1ccccc1)c1ncnc2c1ncn2CC(O)CO. The Labute approximate surface area is 153 Å². The zero-order valence-electron chi connectivity index (χ0n) is 15.2. The first kappa shape index (κ1) is 18.3. The molecule has 138 valence electrons. The molecule has 0 saturated carbocycles. The van der Waals surface area contributed by atoms with Gasteiger partial charge in [-0.25, -0.2) is 15.0 Å². The Morgan fingerprint density at radius 2 is 1.88 bits per heavy atom. The molecule has 3 rings (SSSR count). The lowest BCUT2D eigenvalue weighted by molar-refractivity contribution is 0.0820. The third-order valence-electron chi connectivity index (χ3n) is 4.10. The van der Waals surface area contributed by atoms with E-state index in [1.807, 2.05) is 18.2 Å². The first-order chi connectivity index (χ1) is 12.6. The predicted molar refractivity (Wildman–Crippen MR) is 101 cm³/mol. The van der Waals surface area contributed by atoms with Gasteiger partial charge >= 0.3 is 0 Å². The number of aliphatic hydroxyl groups excluding tert-OH is 2. The van der Waals surface area contributed by atoms with Crippen LogP contribution in [0.3, 0.4) is 0 Å². The fourth-order valence-corrected chi connectivity index (χ4v) is 2.99. The van der Waals surface area contributed by atoms with E-state index in [0.717, 1.165) is 18.9 Å². The van der Waals surface area contributed by atoms with Crippen LogP contribution in [-0.2, 0) is 13.1 Å². The second kappa shape index (κ2) is 8.25. The molecule has 0 amide bonds. The highest BCUT2D eigenvalue weighted by atomic mass is 16.3. The first-order valence-electron chi connectivity index (χ1n) is 8.82. The van der Waals surface area contributed by atoms with Crippen LogP contribution in [0.1, 0.15) is 19.4 Å². The Bertz CT molecular complexity index is 834. The number of hydrogen-bond acceptors (Lipinski definition) is 6. The largest absolute Gasteiger partial charge is 0.394 e. The molecular weight excluding hydrogens is 330 g/mol. The van der Waals surface area contributed by atoms with E-state index in [1.165, 1.54) is 11.9 Å². The molecule has 3 aromatic rings. The molecule has 2 heterocycles. The normalized spacial score (nSPS) is 12.7. The average molecular weight is 355 g/mol. The number of anilines is 1. The van der Waals surface area contributed by atoms with Crippen molar-refractivity contribution in [1.82, 2.24) is 19.5 Å². The van der Waals surface area contributed by atoms with Crippen molar-refractivity contribution in [1.29, 1.82) is 0 Å². The van der Waals surface area contributed by atoms with Crippen LogP contribution in [0.25, 0.3) is 11.2 Å². The maximum Gasteiger partial charge on any atom is 0.165 e. The third kappa shape index (κ3) is 4.17. The molecule has 1 unspecified atom stereocenters. The molecule has 0 aliphatic heterocycles. The summed E-state index contributed by atoms with van der Waals surface area (Å²) >= 11 is 0. The minimum atomic E-state index is -0.845. The monoisotopic (exact) mass is 355 g/mol. The van der Waals surface area contributed by atoms with Crippen LogP contribution in [0.5, 0.6) is 0 Å². The molecular formula is C19H25N5O2. The summed E-state index contributed by atoms with van der Waals surface area (Å²) in [6.45, 7) is 5.86. The number of imidazole rings is 1. The van der Waals surface area contributed by atoms with Crippen molar-refractivity contribution < 1.29 is 10.2 Å². The smallest absolute Gasteiger partial charge is 0.165 e. The fraction of sp³-hybridized carbons (Fsp3) is 0.421. The van der Waals surface area contributed by atoms with Crippen molar-refractivity contribution in [2.45, 2.75) is 33.0 Å². The summed E-state index contributed by atoms with van der Waals surface area (Å²) in [5.41, 5.74) is 2.56. The van der Waals surface area contributed by atoms with Gasteiger partial charge in [0, 0.05) is 13.1 Å². The topological polar surface area (TPSA) is 87.3 Å². The Morgan fingerprint density at radius 1 is 1.12 bits per heavy atom. The molecule has 0 bridgehead atoms. The van der Waals surface area contributed by atoms with Gasteiger partial charge in [-0.05, 0) is 11.5 Å². The standard InChI is InChI=1S/C19H25N5O2/c1-14(2)8-23(9-15-6-4-3-5-7-15)18-17-19(21-12-20-18)24(13-22-17)10-16(26)11-25/h3-7,12-14,16,25-26H,8-11H2,1-2H3. The van der Waals surface area contributed by atoms with Crippen molar-refractivity contribution in [2.75, 3.05) is 18.1 Å². The van der Waals surface area contributed by atoms with Gasteiger partial charge in [-0.3, -0.25) is 0 Å².